The fraction of sp³-hybridized carbons (Fsp3) is 0.533. The van der Waals surface area contributed by atoms with Crippen molar-refractivity contribution in [3.63, 3.8) is 0 Å². The third-order valence-corrected chi connectivity index (χ3v) is 3.65. The molecular weight excluding hydrogens is 268 g/mol. The second-order valence-electron chi connectivity index (χ2n) is 5.65. The third kappa shape index (κ3) is 3.21. The maximum atomic E-state index is 12.4. The minimum atomic E-state index is -0.179. The van der Waals surface area contributed by atoms with Crippen molar-refractivity contribution in [2.45, 2.75) is 40.2 Å². The van der Waals surface area contributed by atoms with E-state index < -0.39 is 0 Å². The Labute approximate surface area is 124 Å². The molecule has 0 bridgehead atoms. The van der Waals surface area contributed by atoms with Gasteiger partial charge in [-0.1, -0.05) is 13.8 Å². The topological polar surface area (TPSA) is 79.5 Å². The molecular formula is C15H22N4O2. The van der Waals surface area contributed by atoms with E-state index in [-0.39, 0.29) is 24.5 Å². The summed E-state index contributed by atoms with van der Waals surface area (Å²) in [4.78, 5) is 16.7. The highest BCUT2D eigenvalue weighted by molar-refractivity contribution is 5.95. The van der Waals surface area contributed by atoms with Gasteiger partial charge >= 0.3 is 0 Å². The minimum absolute atomic E-state index is 0.0533. The van der Waals surface area contributed by atoms with Gasteiger partial charge in [-0.05, 0) is 26.2 Å². The summed E-state index contributed by atoms with van der Waals surface area (Å²) in [6.07, 6.45) is 2.12. The van der Waals surface area contributed by atoms with Crippen molar-refractivity contribution in [1.82, 2.24) is 19.9 Å². The number of aryl methyl sites for hydroxylation is 2. The van der Waals surface area contributed by atoms with Crippen LogP contribution in [0.1, 0.15) is 42.0 Å². The Morgan fingerprint density at radius 3 is 2.76 bits per heavy atom. The zero-order chi connectivity index (χ0) is 15.6. The number of aliphatic hydroxyl groups is 1. The normalized spacial score (nSPS) is 12.9. The molecule has 0 saturated carbocycles. The molecule has 0 saturated heterocycles. The van der Waals surface area contributed by atoms with E-state index in [9.17, 15) is 4.79 Å². The Bertz CT molecular complexity index is 648. The molecule has 0 aliphatic rings. The van der Waals surface area contributed by atoms with Crippen LogP contribution < -0.4 is 5.32 Å². The smallest absolute Gasteiger partial charge is 0.254 e. The predicted molar refractivity (Wildman–Crippen MR) is 80.3 cm³/mol. The molecule has 0 aliphatic heterocycles. The summed E-state index contributed by atoms with van der Waals surface area (Å²) in [7, 11) is 0. The van der Waals surface area contributed by atoms with Crippen LogP contribution in [0, 0.1) is 19.8 Å². The van der Waals surface area contributed by atoms with E-state index in [0.29, 0.717) is 12.0 Å². The van der Waals surface area contributed by atoms with E-state index in [1.807, 2.05) is 33.8 Å². The highest BCUT2D eigenvalue weighted by Crippen LogP contribution is 2.13. The van der Waals surface area contributed by atoms with Crippen molar-refractivity contribution in [2.24, 2.45) is 5.92 Å². The molecule has 6 nitrogen and oxygen atoms in total. The van der Waals surface area contributed by atoms with Gasteiger partial charge < -0.3 is 10.4 Å². The highest BCUT2D eigenvalue weighted by atomic mass is 16.3. The second kappa shape index (κ2) is 6.22. The summed E-state index contributed by atoms with van der Waals surface area (Å²) in [5.74, 6) is 0.0762. The highest BCUT2D eigenvalue weighted by Gasteiger charge is 2.19. The Morgan fingerprint density at radius 2 is 2.14 bits per heavy atom. The average Bonchev–Trinajstić information content (AvgIpc) is 2.80. The number of carbonyl (C=O) groups excluding carboxylic acids is 1. The lowest BCUT2D eigenvalue weighted by atomic mass is 10.0. The van der Waals surface area contributed by atoms with E-state index in [1.165, 1.54) is 0 Å². The van der Waals surface area contributed by atoms with Crippen LogP contribution in [0.2, 0.25) is 0 Å². The second-order valence-corrected chi connectivity index (χ2v) is 5.65. The third-order valence-electron chi connectivity index (χ3n) is 3.65. The zero-order valence-electron chi connectivity index (χ0n) is 12.9. The summed E-state index contributed by atoms with van der Waals surface area (Å²) < 4.78 is 1.68. The number of rotatable bonds is 5. The number of carbonyl (C=O) groups is 1. The Morgan fingerprint density at radius 1 is 1.43 bits per heavy atom. The molecule has 114 valence electrons. The maximum absolute atomic E-state index is 12.4. The standard InChI is InChI=1S/C15H22N4O2/c1-9(2)13(5-6-20)17-15(21)12-8-16-14-7-10(3)18-19(14)11(12)4/h7-9,13,20H,5-6H2,1-4H3,(H,17,21). The van der Waals surface area contributed by atoms with E-state index in [4.69, 9.17) is 5.11 Å². The van der Waals surface area contributed by atoms with Gasteiger partial charge in [0, 0.05) is 24.9 Å². The monoisotopic (exact) mass is 290 g/mol. The van der Waals surface area contributed by atoms with Crippen molar-refractivity contribution in [1.29, 1.82) is 0 Å². The average molecular weight is 290 g/mol. The molecule has 0 radical (unpaired) electrons. The largest absolute Gasteiger partial charge is 0.396 e. The maximum Gasteiger partial charge on any atom is 0.254 e. The summed E-state index contributed by atoms with van der Waals surface area (Å²) >= 11 is 0. The molecule has 2 heterocycles. The summed E-state index contributed by atoms with van der Waals surface area (Å²) in [6.45, 7) is 7.84. The number of hydrogen-bond donors (Lipinski definition) is 2. The van der Waals surface area contributed by atoms with Crippen molar-refractivity contribution < 1.29 is 9.90 Å². The number of nitrogens with one attached hydrogen (secondary N) is 1. The molecule has 0 aromatic carbocycles. The van der Waals surface area contributed by atoms with Gasteiger partial charge in [0.15, 0.2) is 5.65 Å². The van der Waals surface area contributed by atoms with Crippen molar-refractivity contribution in [3.05, 3.63) is 29.2 Å². The van der Waals surface area contributed by atoms with Crippen LogP contribution in [-0.2, 0) is 0 Å². The number of aromatic nitrogens is 3. The molecule has 21 heavy (non-hydrogen) atoms. The first kappa shape index (κ1) is 15.4. The molecule has 2 aromatic rings. The number of nitrogens with zero attached hydrogens (tertiary/aromatic N) is 3. The molecule has 0 aliphatic carbocycles. The van der Waals surface area contributed by atoms with Crippen molar-refractivity contribution in [2.75, 3.05) is 6.61 Å². The van der Waals surface area contributed by atoms with Gasteiger partial charge in [-0.15, -0.1) is 0 Å². The number of amides is 1. The summed E-state index contributed by atoms with van der Waals surface area (Å²) in [5, 5.41) is 16.4. The lowest BCUT2D eigenvalue weighted by molar-refractivity contribution is 0.0915. The SMILES string of the molecule is Cc1cc2ncc(C(=O)NC(CCO)C(C)C)c(C)n2n1. The van der Waals surface area contributed by atoms with Gasteiger partial charge in [0.25, 0.3) is 5.91 Å². The van der Waals surface area contributed by atoms with E-state index in [1.54, 1.807) is 10.7 Å². The van der Waals surface area contributed by atoms with Crippen LogP contribution in [0.4, 0.5) is 0 Å². The molecule has 2 aromatic heterocycles. The fourth-order valence-electron chi connectivity index (χ4n) is 2.34. The molecule has 2 rings (SSSR count). The summed E-state index contributed by atoms with van der Waals surface area (Å²) in [5.41, 5.74) is 2.87. The van der Waals surface area contributed by atoms with Crippen LogP contribution in [0.3, 0.4) is 0 Å². The van der Waals surface area contributed by atoms with E-state index in [2.05, 4.69) is 15.4 Å². The van der Waals surface area contributed by atoms with Gasteiger partial charge in [-0.3, -0.25) is 4.79 Å². The predicted octanol–water partition coefficient (Wildman–Crippen LogP) is 1.48. The first-order valence-corrected chi connectivity index (χ1v) is 7.17. The van der Waals surface area contributed by atoms with Gasteiger partial charge in [0.05, 0.1) is 17.0 Å². The number of hydrogen-bond acceptors (Lipinski definition) is 4. The Kier molecular flexibility index (Phi) is 4.57. The lowest BCUT2D eigenvalue weighted by Crippen LogP contribution is -2.39. The molecule has 1 amide bonds. The number of fused-ring (bicyclic) bond motifs is 1. The molecule has 1 atom stereocenters. The first-order chi connectivity index (χ1) is 9.93. The zero-order valence-corrected chi connectivity index (χ0v) is 12.9. The molecule has 0 fully saturated rings. The van der Waals surface area contributed by atoms with Crippen LogP contribution >= 0.6 is 0 Å². The minimum Gasteiger partial charge on any atom is -0.396 e. The first-order valence-electron chi connectivity index (χ1n) is 7.17. The van der Waals surface area contributed by atoms with E-state index >= 15 is 0 Å². The quantitative estimate of drug-likeness (QED) is 0.874. The number of aliphatic hydroxyl groups excluding tert-OH is 1. The molecule has 6 heteroatoms. The van der Waals surface area contributed by atoms with Crippen LogP contribution in [0.25, 0.3) is 5.65 Å². The van der Waals surface area contributed by atoms with Gasteiger partial charge in [-0.25, -0.2) is 9.50 Å². The van der Waals surface area contributed by atoms with Crippen LogP contribution in [-0.4, -0.2) is 38.3 Å². The molecule has 0 spiro atoms. The lowest BCUT2D eigenvalue weighted by Gasteiger charge is -2.21. The van der Waals surface area contributed by atoms with Crippen molar-refractivity contribution in [3.8, 4) is 0 Å². The summed E-state index contributed by atoms with van der Waals surface area (Å²) in [6, 6.07) is 1.81. The van der Waals surface area contributed by atoms with E-state index in [0.717, 1.165) is 17.0 Å². The molecule has 2 N–H and O–H groups in total. The Balaban J connectivity index is 2.28. The van der Waals surface area contributed by atoms with Gasteiger partial charge in [0.2, 0.25) is 0 Å². The molecule has 1 unspecified atom stereocenters. The van der Waals surface area contributed by atoms with Crippen LogP contribution in [0.5, 0.6) is 0 Å². The van der Waals surface area contributed by atoms with Crippen LogP contribution in [0.15, 0.2) is 12.3 Å². The van der Waals surface area contributed by atoms with Crippen molar-refractivity contribution >= 4 is 11.6 Å². The Hall–Kier alpha value is -1.95. The van der Waals surface area contributed by atoms with Gasteiger partial charge in [-0.2, -0.15) is 5.10 Å². The fourth-order valence-corrected chi connectivity index (χ4v) is 2.34. The van der Waals surface area contributed by atoms with Gasteiger partial charge in [0.1, 0.15) is 0 Å².